The lowest BCUT2D eigenvalue weighted by atomic mass is 10.2. The largest absolute Gasteiger partial charge is 0.290 e. The maximum Gasteiger partial charge on any atom is 0.180 e. The van der Waals surface area contributed by atoms with Crippen LogP contribution in [0.1, 0.15) is 0 Å². The predicted octanol–water partition coefficient (Wildman–Crippen LogP) is 2.78. The lowest BCUT2D eigenvalue weighted by Gasteiger charge is -1.97. The molecule has 0 aliphatic heterocycles. The Morgan fingerprint density at radius 2 is 1.77 bits per heavy atom. The summed E-state index contributed by atoms with van der Waals surface area (Å²) in [6, 6.07) is 13.2. The summed E-state index contributed by atoms with van der Waals surface area (Å²) in [4.78, 5) is 12.1. The maximum atomic E-state index is 11.1. The van der Waals surface area contributed by atoms with Crippen LogP contribution in [0.25, 0.3) is 10.4 Å². The topological polar surface area (TPSA) is 17.1 Å². The van der Waals surface area contributed by atoms with Crippen LogP contribution in [0, 0.1) is 0 Å². The molecule has 0 fully saturated rings. The fraction of sp³-hybridized carbons (Fsp3) is 0. The Balaban J connectivity index is 2.54. The van der Waals surface area contributed by atoms with E-state index in [0.29, 0.717) is 0 Å². The van der Waals surface area contributed by atoms with Crippen molar-refractivity contribution >= 4 is 11.3 Å². The summed E-state index contributed by atoms with van der Waals surface area (Å²) in [5.41, 5.74) is 1.17. The van der Waals surface area contributed by atoms with Crippen LogP contribution in [-0.2, 0) is 0 Å². The van der Waals surface area contributed by atoms with Gasteiger partial charge in [-0.15, -0.1) is 11.3 Å². The van der Waals surface area contributed by atoms with Crippen LogP contribution >= 0.6 is 11.3 Å². The SMILES string of the molecule is O=c1ccsc(-c2ccccc2)c1. The fourth-order valence-electron chi connectivity index (χ4n) is 1.14. The van der Waals surface area contributed by atoms with Gasteiger partial charge in [-0.05, 0) is 17.0 Å². The number of hydrogen-bond acceptors (Lipinski definition) is 2. The van der Waals surface area contributed by atoms with Crippen molar-refractivity contribution in [3.05, 3.63) is 58.1 Å². The second-order valence-electron chi connectivity index (χ2n) is 2.70. The molecule has 0 spiro atoms. The van der Waals surface area contributed by atoms with Crippen LogP contribution in [0.4, 0.5) is 0 Å². The molecule has 0 bridgehead atoms. The molecule has 0 amide bonds. The average molecular weight is 188 g/mol. The van der Waals surface area contributed by atoms with Gasteiger partial charge in [0.2, 0.25) is 0 Å². The number of rotatable bonds is 1. The molecular weight excluding hydrogens is 180 g/mol. The van der Waals surface area contributed by atoms with Crippen molar-refractivity contribution in [1.82, 2.24) is 0 Å². The van der Waals surface area contributed by atoms with Crippen molar-refractivity contribution in [2.24, 2.45) is 0 Å². The lowest BCUT2D eigenvalue weighted by molar-refractivity contribution is 1.63. The minimum Gasteiger partial charge on any atom is -0.290 e. The molecule has 2 rings (SSSR count). The molecule has 0 aliphatic carbocycles. The van der Waals surface area contributed by atoms with Gasteiger partial charge >= 0.3 is 0 Å². The molecule has 64 valence electrons. The lowest BCUT2D eigenvalue weighted by Crippen LogP contribution is -1.93. The number of benzene rings is 1. The van der Waals surface area contributed by atoms with Crippen molar-refractivity contribution in [2.75, 3.05) is 0 Å². The van der Waals surface area contributed by atoms with Crippen molar-refractivity contribution < 1.29 is 0 Å². The minimum absolute atomic E-state index is 0.0672. The molecule has 1 aromatic carbocycles. The van der Waals surface area contributed by atoms with Gasteiger partial charge in [-0.1, -0.05) is 30.3 Å². The van der Waals surface area contributed by atoms with Gasteiger partial charge < -0.3 is 0 Å². The maximum absolute atomic E-state index is 11.1. The highest BCUT2D eigenvalue weighted by Gasteiger charge is 1.96. The van der Waals surface area contributed by atoms with Crippen molar-refractivity contribution in [3.8, 4) is 10.4 Å². The van der Waals surface area contributed by atoms with Gasteiger partial charge in [0, 0.05) is 10.9 Å². The molecule has 1 heterocycles. The molecule has 2 heteroatoms. The first kappa shape index (κ1) is 8.20. The Morgan fingerprint density at radius 3 is 2.46 bits per heavy atom. The molecular formula is C11H8OS. The van der Waals surface area contributed by atoms with Gasteiger partial charge in [0.25, 0.3) is 0 Å². The van der Waals surface area contributed by atoms with Gasteiger partial charge in [-0.2, -0.15) is 0 Å². The Bertz CT molecular complexity index is 445. The van der Waals surface area contributed by atoms with Crippen molar-refractivity contribution in [2.45, 2.75) is 0 Å². The van der Waals surface area contributed by atoms with Crippen LogP contribution in [0.3, 0.4) is 0 Å². The zero-order chi connectivity index (χ0) is 9.10. The van der Waals surface area contributed by atoms with E-state index in [4.69, 9.17) is 0 Å². The van der Waals surface area contributed by atoms with Crippen LogP contribution < -0.4 is 5.43 Å². The first-order chi connectivity index (χ1) is 6.36. The third kappa shape index (κ3) is 1.84. The highest BCUT2D eigenvalue weighted by molar-refractivity contribution is 7.13. The molecule has 0 aliphatic rings. The monoisotopic (exact) mass is 188 g/mol. The van der Waals surface area contributed by atoms with Gasteiger partial charge in [0.1, 0.15) is 0 Å². The summed E-state index contributed by atoms with van der Waals surface area (Å²) in [7, 11) is 0. The van der Waals surface area contributed by atoms with E-state index in [-0.39, 0.29) is 5.43 Å². The van der Waals surface area contributed by atoms with Gasteiger partial charge in [-0.3, -0.25) is 4.79 Å². The third-order valence-electron chi connectivity index (χ3n) is 1.76. The molecule has 1 aromatic heterocycles. The molecule has 0 atom stereocenters. The van der Waals surface area contributed by atoms with Crippen LogP contribution in [0.15, 0.2) is 52.6 Å². The van der Waals surface area contributed by atoms with E-state index in [1.165, 1.54) is 0 Å². The van der Waals surface area contributed by atoms with E-state index in [1.807, 2.05) is 35.7 Å². The normalized spacial score (nSPS) is 9.85. The fourth-order valence-corrected chi connectivity index (χ4v) is 1.94. The molecule has 0 saturated heterocycles. The second kappa shape index (κ2) is 3.54. The zero-order valence-electron chi connectivity index (χ0n) is 6.94. The van der Waals surface area contributed by atoms with Crippen LogP contribution in [-0.4, -0.2) is 0 Å². The number of hydrogen-bond donors (Lipinski definition) is 0. The minimum atomic E-state index is 0.0672. The molecule has 0 N–H and O–H groups in total. The van der Waals surface area contributed by atoms with Gasteiger partial charge in [0.05, 0.1) is 0 Å². The van der Waals surface area contributed by atoms with E-state index >= 15 is 0 Å². The average Bonchev–Trinajstić information content (AvgIpc) is 2.19. The van der Waals surface area contributed by atoms with Crippen molar-refractivity contribution in [3.63, 3.8) is 0 Å². The molecule has 2 aromatic rings. The summed E-state index contributed by atoms with van der Waals surface area (Å²) in [6.45, 7) is 0. The van der Waals surface area contributed by atoms with Gasteiger partial charge in [0.15, 0.2) is 5.43 Å². The summed E-state index contributed by atoms with van der Waals surface area (Å²) >= 11 is 1.58. The van der Waals surface area contributed by atoms with Gasteiger partial charge in [-0.25, -0.2) is 0 Å². The zero-order valence-corrected chi connectivity index (χ0v) is 7.75. The Kier molecular flexibility index (Phi) is 2.23. The Hall–Kier alpha value is -1.41. The first-order valence-corrected chi connectivity index (χ1v) is 4.88. The highest BCUT2D eigenvalue weighted by atomic mass is 32.1. The smallest absolute Gasteiger partial charge is 0.180 e. The Labute approximate surface area is 80.3 Å². The molecule has 0 unspecified atom stereocenters. The summed E-state index contributed by atoms with van der Waals surface area (Å²) in [5, 5.41) is 1.82. The molecule has 1 nitrogen and oxygen atoms in total. The molecule has 0 saturated carbocycles. The van der Waals surface area contributed by atoms with E-state index in [0.717, 1.165) is 10.4 Å². The summed E-state index contributed by atoms with van der Waals surface area (Å²) < 4.78 is 0. The van der Waals surface area contributed by atoms with E-state index in [2.05, 4.69) is 0 Å². The Morgan fingerprint density at radius 1 is 1.00 bits per heavy atom. The first-order valence-electron chi connectivity index (χ1n) is 4.00. The van der Waals surface area contributed by atoms with E-state index in [1.54, 1.807) is 23.5 Å². The van der Waals surface area contributed by atoms with Crippen LogP contribution in [0.2, 0.25) is 0 Å². The third-order valence-corrected chi connectivity index (χ3v) is 2.64. The van der Waals surface area contributed by atoms with Crippen molar-refractivity contribution in [1.29, 1.82) is 0 Å². The standard InChI is InChI=1S/C11H8OS/c12-10-6-7-13-11(8-10)9-4-2-1-3-5-9/h1-8H. The van der Waals surface area contributed by atoms with E-state index < -0.39 is 0 Å². The molecule has 0 radical (unpaired) electrons. The quantitative estimate of drug-likeness (QED) is 0.672. The second-order valence-corrected chi connectivity index (χ2v) is 3.65. The predicted molar refractivity (Wildman–Crippen MR) is 56.0 cm³/mol. The van der Waals surface area contributed by atoms with E-state index in [9.17, 15) is 4.79 Å². The summed E-state index contributed by atoms with van der Waals surface area (Å²) in [6.07, 6.45) is 0. The highest BCUT2D eigenvalue weighted by Crippen LogP contribution is 2.20. The van der Waals surface area contributed by atoms with Crippen LogP contribution in [0.5, 0.6) is 0 Å². The summed E-state index contributed by atoms with van der Waals surface area (Å²) in [5.74, 6) is 0. The molecule has 13 heavy (non-hydrogen) atoms.